The molecular weight excluding hydrogens is 542 g/mol. The third-order valence-electron chi connectivity index (χ3n) is 8.08. The highest BCUT2D eigenvalue weighted by Crippen LogP contribution is 2.56. The average Bonchev–Trinajstić information content (AvgIpc) is 3.29. The molecule has 0 radical (unpaired) electrons. The standard InChI is InChI=1S/C31H33N3O8/c1-7-14-33-20-11-9-8-10-19(20)31-13-12-23(35)34(17-18-15-21(38-2)26(40-4)22(16-18)39-3)30(31)32-25(29(37)42-6)24(27(31)33)28(36)41-5/h7-11,15-16,27H,1,12-14,17H2,2-6H3/t27-,31-/m0/s1. The molecule has 0 bridgehead atoms. The molecule has 2 aromatic rings. The van der Waals surface area contributed by atoms with Gasteiger partial charge in [-0.3, -0.25) is 9.69 Å². The third kappa shape index (κ3) is 4.18. The highest BCUT2D eigenvalue weighted by molar-refractivity contribution is 6.15. The van der Waals surface area contributed by atoms with E-state index in [1.807, 2.05) is 29.2 Å². The van der Waals surface area contributed by atoms with Gasteiger partial charge in [-0.25, -0.2) is 14.6 Å². The molecule has 0 aromatic heterocycles. The van der Waals surface area contributed by atoms with Crippen LogP contribution in [0.25, 0.3) is 0 Å². The third-order valence-corrected chi connectivity index (χ3v) is 8.08. The monoisotopic (exact) mass is 575 g/mol. The zero-order valence-corrected chi connectivity index (χ0v) is 24.3. The molecule has 0 unspecified atom stereocenters. The van der Waals surface area contributed by atoms with Gasteiger partial charge in [0.2, 0.25) is 11.7 Å². The number of rotatable bonds is 9. The highest BCUT2D eigenvalue weighted by atomic mass is 16.5. The van der Waals surface area contributed by atoms with Gasteiger partial charge in [0.05, 0.1) is 59.1 Å². The number of carbonyl (C=O) groups is 3. The van der Waals surface area contributed by atoms with Gasteiger partial charge in [-0.1, -0.05) is 24.3 Å². The molecule has 0 saturated carbocycles. The summed E-state index contributed by atoms with van der Waals surface area (Å²) in [5.74, 6) is -0.0539. The lowest BCUT2D eigenvalue weighted by molar-refractivity contribution is -0.140. The Kier molecular flexibility index (Phi) is 7.68. The summed E-state index contributed by atoms with van der Waals surface area (Å²) in [5.41, 5.74) is 1.35. The molecule has 3 aliphatic heterocycles. The number of amides is 1. The van der Waals surface area contributed by atoms with Crippen LogP contribution in [0.1, 0.15) is 24.0 Å². The van der Waals surface area contributed by atoms with Crippen molar-refractivity contribution in [1.29, 1.82) is 0 Å². The first-order valence-electron chi connectivity index (χ1n) is 13.4. The number of aliphatic imine (C=N–C) groups is 1. The van der Waals surface area contributed by atoms with E-state index < -0.39 is 23.4 Å². The molecule has 2 atom stereocenters. The van der Waals surface area contributed by atoms with Gasteiger partial charge in [0.25, 0.3) is 0 Å². The van der Waals surface area contributed by atoms with Gasteiger partial charge in [0.15, 0.2) is 17.2 Å². The SMILES string of the molecule is C=CCN1c2ccccc2[C@]23CCC(=O)N(Cc4cc(OC)c(OC)c(OC)c4)C2=NC(C(=O)OC)=C(C(=O)OC)[C@H]13. The van der Waals surface area contributed by atoms with E-state index >= 15 is 0 Å². The second-order valence-corrected chi connectivity index (χ2v) is 10.0. The van der Waals surface area contributed by atoms with Gasteiger partial charge >= 0.3 is 11.9 Å². The van der Waals surface area contributed by atoms with Crippen molar-refractivity contribution in [1.82, 2.24) is 4.90 Å². The normalized spacial score (nSPS) is 20.6. The lowest BCUT2D eigenvalue weighted by atomic mass is 9.65. The number of nitrogens with zero attached hydrogens (tertiary/aromatic N) is 3. The van der Waals surface area contributed by atoms with Crippen molar-refractivity contribution in [3.8, 4) is 17.2 Å². The molecule has 1 spiro atoms. The summed E-state index contributed by atoms with van der Waals surface area (Å²) in [4.78, 5) is 48.7. The Bertz CT molecular complexity index is 1500. The summed E-state index contributed by atoms with van der Waals surface area (Å²) in [6, 6.07) is 10.6. The number of carbonyl (C=O) groups excluding carboxylic acids is 3. The van der Waals surface area contributed by atoms with Crippen molar-refractivity contribution in [2.24, 2.45) is 4.99 Å². The fourth-order valence-corrected chi connectivity index (χ4v) is 6.42. The van der Waals surface area contributed by atoms with Crippen LogP contribution < -0.4 is 19.1 Å². The number of hydrogen-bond acceptors (Lipinski definition) is 10. The average molecular weight is 576 g/mol. The quantitative estimate of drug-likeness (QED) is 0.328. The molecule has 220 valence electrons. The molecular formula is C31H33N3O8. The topological polar surface area (TPSA) is 116 Å². The van der Waals surface area contributed by atoms with Crippen LogP contribution in [0.4, 0.5) is 5.69 Å². The Hall–Kier alpha value is -4.80. The minimum atomic E-state index is -0.949. The summed E-state index contributed by atoms with van der Waals surface area (Å²) in [7, 11) is 7.03. The van der Waals surface area contributed by atoms with Crippen LogP contribution in [0.5, 0.6) is 17.2 Å². The zero-order chi connectivity index (χ0) is 30.2. The van der Waals surface area contributed by atoms with Gasteiger partial charge in [-0.2, -0.15) is 0 Å². The Balaban J connectivity index is 1.78. The Morgan fingerprint density at radius 3 is 2.29 bits per heavy atom. The van der Waals surface area contributed by atoms with Gasteiger partial charge in [-0.05, 0) is 35.7 Å². The van der Waals surface area contributed by atoms with Gasteiger partial charge in [-0.15, -0.1) is 6.58 Å². The summed E-state index contributed by atoms with van der Waals surface area (Å²) < 4.78 is 26.8. The van der Waals surface area contributed by atoms with E-state index in [1.54, 1.807) is 23.1 Å². The van der Waals surface area contributed by atoms with Crippen molar-refractivity contribution in [2.45, 2.75) is 30.8 Å². The minimum Gasteiger partial charge on any atom is -0.493 e. The maximum Gasteiger partial charge on any atom is 0.357 e. The van der Waals surface area contributed by atoms with E-state index in [4.69, 9.17) is 28.7 Å². The number of esters is 2. The molecule has 0 N–H and O–H groups in total. The van der Waals surface area contributed by atoms with E-state index in [-0.39, 0.29) is 30.1 Å². The van der Waals surface area contributed by atoms with Crippen molar-refractivity contribution < 1.29 is 38.1 Å². The summed E-state index contributed by atoms with van der Waals surface area (Å²) in [5, 5.41) is 0. The smallest absolute Gasteiger partial charge is 0.357 e. The van der Waals surface area contributed by atoms with E-state index in [0.29, 0.717) is 41.6 Å². The van der Waals surface area contributed by atoms with Crippen LogP contribution in [-0.2, 0) is 35.8 Å². The van der Waals surface area contributed by atoms with Crippen molar-refractivity contribution in [2.75, 3.05) is 47.0 Å². The first-order chi connectivity index (χ1) is 20.3. The van der Waals surface area contributed by atoms with Crippen molar-refractivity contribution >= 4 is 29.4 Å². The van der Waals surface area contributed by atoms with E-state index in [9.17, 15) is 14.4 Å². The Labute approximate surface area is 243 Å². The highest BCUT2D eigenvalue weighted by Gasteiger charge is 2.63. The van der Waals surface area contributed by atoms with Crippen molar-refractivity contribution in [3.05, 3.63) is 71.5 Å². The molecule has 0 aliphatic carbocycles. The molecule has 1 fully saturated rings. The van der Waals surface area contributed by atoms with E-state index in [2.05, 4.69) is 6.58 Å². The largest absolute Gasteiger partial charge is 0.493 e. The molecule has 11 nitrogen and oxygen atoms in total. The molecule has 3 heterocycles. The van der Waals surface area contributed by atoms with Gasteiger partial charge in [0, 0.05) is 18.7 Å². The predicted octanol–water partition coefficient (Wildman–Crippen LogP) is 3.16. The first-order valence-corrected chi connectivity index (χ1v) is 13.4. The van der Waals surface area contributed by atoms with E-state index in [1.165, 1.54) is 35.5 Å². The fourth-order valence-electron chi connectivity index (χ4n) is 6.42. The number of likely N-dealkylation sites (tertiary alicyclic amines) is 1. The molecule has 5 rings (SSSR count). The minimum absolute atomic E-state index is 0.0771. The van der Waals surface area contributed by atoms with Gasteiger partial charge < -0.3 is 28.6 Å². The summed E-state index contributed by atoms with van der Waals surface area (Å²) >= 11 is 0. The lowest BCUT2D eigenvalue weighted by Crippen LogP contribution is -2.63. The fraction of sp³-hybridized carbons (Fsp3) is 0.355. The zero-order valence-electron chi connectivity index (χ0n) is 24.3. The number of methoxy groups -OCH3 is 5. The number of benzene rings is 2. The molecule has 1 saturated heterocycles. The predicted molar refractivity (Wildman–Crippen MR) is 154 cm³/mol. The Morgan fingerprint density at radius 1 is 1.02 bits per heavy atom. The number of fused-ring (bicyclic) bond motifs is 1. The second-order valence-electron chi connectivity index (χ2n) is 10.0. The van der Waals surface area contributed by atoms with Crippen LogP contribution in [0, 0.1) is 0 Å². The molecule has 42 heavy (non-hydrogen) atoms. The van der Waals surface area contributed by atoms with Crippen LogP contribution in [0.2, 0.25) is 0 Å². The maximum atomic E-state index is 13.7. The number of hydrogen-bond donors (Lipinski definition) is 0. The van der Waals surface area contributed by atoms with Crippen LogP contribution >= 0.6 is 0 Å². The van der Waals surface area contributed by atoms with Crippen LogP contribution in [-0.4, -0.2) is 76.7 Å². The van der Waals surface area contributed by atoms with Crippen LogP contribution in [0.3, 0.4) is 0 Å². The van der Waals surface area contributed by atoms with Gasteiger partial charge in [0.1, 0.15) is 5.84 Å². The first kappa shape index (κ1) is 28.7. The van der Waals surface area contributed by atoms with Crippen molar-refractivity contribution in [3.63, 3.8) is 0 Å². The number of amidine groups is 1. The number of anilines is 1. The summed E-state index contributed by atoms with van der Waals surface area (Å²) in [6.45, 7) is 4.39. The maximum absolute atomic E-state index is 13.7. The summed E-state index contributed by atoms with van der Waals surface area (Å²) in [6.07, 6.45) is 2.27. The lowest BCUT2D eigenvalue weighted by Gasteiger charge is -2.48. The number of piperidine rings is 1. The molecule has 11 heteroatoms. The Morgan fingerprint density at radius 2 is 1.69 bits per heavy atom. The van der Waals surface area contributed by atoms with E-state index in [0.717, 1.165) is 11.3 Å². The second kappa shape index (κ2) is 11.2. The molecule has 1 amide bonds. The molecule has 3 aliphatic rings. The number of ether oxygens (including phenoxy) is 5. The number of para-hydroxylation sites is 1. The molecule has 2 aromatic carbocycles. The van der Waals surface area contributed by atoms with Crippen LogP contribution in [0.15, 0.2) is 65.3 Å².